The highest BCUT2D eigenvalue weighted by Gasteiger charge is 2.08. The minimum absolute atomic E-state index is 0. The summed E-state index contributed by atoms with van der Waals surface area (Å²) in [7, 11) is 0. The summed E-state index contributed by atoms with van der Waals surface area (Å²) in [4.78, 5) is 16.2. The van der Waals surface area contributed by atoms with Gasteiger partial charge in [-0.05, 0) is 25.6 Å². The maximum absolute atomic E-state index is 11.8. The van der Waals surface area contributed by atoms with E-state index < -0.39 is 0 Å². The molecule has 0 spiro atoms. The van der Waals surface area contributed by atoms with E-state index in [-0.39, 0.29) is 30.7 Å². The lowest BCUT2D eigenvalue weighted by atomic mass is 10.2. The van der Waals surface area contributed by atoms with E-state index in [1.54, 1.807) is 0 Å². The Kier molecular flexibility index (Phi) is 12.2. The monoisotopic (exact) mass is 405 g/mol. The Labute approximate surface area is 165 Å². The van der Waals surface area contributed by atoms with Crippen LogP contribution in [0.2, 0.25) is 0 Å². The summed E-state index contributed by atoms with van der Waals surface area (Å²) in [6.07, 6.45) is 0.313. The van der Waals surface area contributed by atoms with Gasteiger partial charge >= 0.3 is 0 Å². The van der Waals surface area contributed by atoms with Gasteiger partial charge in [-0.15, -0.1) is 36.2 Å². The third-order valence-corrected chi connectivity index (χ3v) is 4.07. The van der Waals surface area contributed by atoms with Gasteiger partial charge in [-0.1, -0.05) is 24.6 Å². The average Bonchev–Trinajstić information content (AvgIpc) is 2.98. The number of thiazole rings is 1. The normalized spacial score (nSPS) is 9.68. The van der Waals surface area contributed by atoms with Crippen molar-refractivity contribution in [2.45, 2.75) is 26.9 Å². The molecule has 25 heavy (non-hydrogen) atoms. The molecule has 2 aromatic rings. The molecule has 0 aliphatic rings. The van der Waals surface area contributed by atoms with Gasteiger partial charge in [0.1, 0.15) is 17.4 Å². The Morgan fingerprint density at radius 1 is 1.20 bits per heavy atom. The molecule has 5 nitrogen and oxygen atoms in total. The predicted molar refractivity (Wildman–Crippen MR) is 107 cm³/mol. The number of halogens is 2. The van der Waals surface area contributed by atoms with Gasteiger partial charge in [0.25, 0.3) is 0 Å². The van der Waals surface area contributed by atoms with Crippen LogP contribution in [0.5, 0.6) is 5.75 Å². The quantitative estimate of drug-likeness (QED) is 0.628. The zero-order chi connectivity index (χ0) is 16.5. The first-order valence-corrected chi connectivity index (χ1v) is 8.65. The van der Waals surface area contributed by atoms with Crippen molar-refractivity contribution >= 4 is 42.1 Å². The molecule has 0 fully saturated rings. The first-order chi connectivity index (χ1) is 11.2. The summed E-state index contributed by atoms with van der Waals surface area (Å²) in [5.41, 5.74) is 1.99. The maximum atomic E-state index is 11.8. The van der Waals surface area contributed by atoms with Crippen molar-refractivity contribution < 1.29 is 9.53 Å². The number of aryl methyl sites for hydroxylation is 1. The lowest BCUT2D eigenvalue weighted by Gasteiger charge is -2.04. The molecule has 0 radical (unpaired) electrons. The minimum atomic E-state index is -0.000735. The maximum Gasteiger partial charge on any atom is 0.226 e. The van der Waals surface area contributed by atoms with E-state index in [1.807, 2.05) is 43.5 Å². The number of hydrogen-bond acceptors (Lipinski definition) is 5. The zero-order valence-electron chi connectivity index (χ0n) is 14.4. The number of nitrogens with zero attached hydrogens (tertiary/aromatic N) is 1. The van der Waals surface area contributed by atoms with Crippen LogP contribution in [-0.2, 0) is 17.8 Å². The van der Waals surface area contributed by atoms with Gasteiger partial charge in [0.2, 0.25) is 5.91 Å². The van der Waals surface area contributed by atoms with Crippen molar-refractivity contribution in [1.29, 1.82) is 0 Å². The summed E-state index contributed by atoms with van der Waals surface area (Å²) in [6.45, 7) is 6.84. The number of rotatable bonds is 9. The Morgan fingerprint density at radius 3 is 2.60 bits per heavy atom. The fourth-order valence-corrected chi connectivity index (χ4v) is 2.68. The molecule has 0 aliphatic heterocycles. The number of aromatic nitrogens is 1. The number of benzene rings is 1. The van der Waals surface area contributed by atoms with Gasteiger partial charge in [0, 0.05) is 18.5 Å². The molecule has 0 saturated heterocycles. The minimum Gasteiger partial charge on any atom is -0.486 e. The third kappa shape index (κ3) is 9.07. The number of amides is 1. The molecule has 0 atom stereocenters. The van der Waals surface area contributed by atoms with Crippen LogP contribution in [0.15, 0.2) is 29.6 Å². The van der Waals surface area contributed by atoms with Crippen LogP contribution in [0, 0.1) is 6.92 Å². The molecular formula is C17H25Cl2N3O2S. The lowest BCUT2D eigenvalue weighted by Crippen LogP contribution is -2.32. The summed E-state index contributed by atoms with van der Waals surface area (Å²) in [5, 5.41) is 8.82. The highest BCUT2D eigenvalue weighted by Crippen LogP contribution is 2.16. The molecule has 0 saturated carbocycles. The number of nitrogens with one attached hydrogen (secondary N) is 2. The number of ether oxygens (including phenoxy) is 1. The van der Waals surface area contributed by atoms with Crippen molar-refractivity contribution in [3.63, 3.8) is 0 Å². The van der Waals surface area contributed by atoms with Crippen LogP contribution in [0.3, 0.4) is 0 Å². The molecule has 0 bridgehead atoms. The molecule has 2 N–H and O–H groups in total. The largest absolute Gasteiger partial charge is 0.486 e. The molecule has 1 aromatic heterocycles. The van der Waals surface area contributed by atoms with Gasteiger partial charge in [0.05, 0.1) is 12.1 Å². The van der Waals surface area contributed by atoms with Crippen LogP contribution in [-0.4, -0.2) is 30.5 Å². The van der Waals surface area contributed by atoms with Crippen molar-refractivity contribution in [2.75, 3.05) is 19.6 Å². The molecule has 8 heteroatoms. The Morgan fingerprint density at radius 2 is 1.92 bits per heavy atom. The zero-order valence-corrected chi connectivity index (χ0v) is 16.9. The molecule has 1 aromatic carbocycles. The molecule has 140 valence electrons. The summed E-state index contributed by atoms with van der Waals surface area (Å²) < 4.78 is 5.70. The number of carbonyl (C=O) groups is 1. The molecule has 0 unspecified atom stereocenters. The second kappa shape index (κ2) is 12.9. The molecule has 0 aliphatic carbocycles. The smallest absolute Gasteiger partial charge is 0.226 e. The average molecular weight is 406 g/mol. The van der Waals surface area contributed by atoms with E-state index in [0.717, 1.165) is 29.5 Å². The van der Waals surface area contributed by atoms with Crippen LogP contribution < -0.4 is 15.4 Å². The number of likely N-dealkylation sites (N-methyl/N-ethyl adjacent to an activating group) is 1. The molecular weight excluding hydrogens is 381 g/mol. The first-order valence-electron chi connectivity index (χ1n) is 7.77. The number of carbonyl (C=O) groups excluding carboxylic acids is 1. The number of hydrogen-bond donors (Lipinski definition) is 2. The van der Waals surface area contributed by atoms with E-state index in [9.17, 15) is 4.79 Å². The van der Waals surface area contributed by atoms with E-state index in [2.05, 4.69) is 15.6 Å². The van der Waals surface area contributed by atoms with E-state index in [0.29, 0.717) is 19.6 Å². The summed E-state index contributed by atoms with van der Waals surface area (Å²) in [5.74, 6) is 0.827. The molecule has 1 amide bonds. The Bertz CT molecular complexity index is 621. The van der Waals surface area contributed by atoms with Gasteiger partial charge in [0.15, 0.2) is 0 Å². The molecule has 2 rings (SSSR count). The van der Waals surface area contributed by atoms with Crippen LogP contribution in [0.1, 0.15) is 23.2 Å². The van der Waals surface area contributed by atoms with Gasteiger partial charge in [-0.25, -0.2) is 4.98 Å². The second-order valence-corrected chi connectivity index (χ2v) is 6.16. The second-order valence-electron chi connectivity index (χ2n) is 5.21. The molecule has 1 heterocycles. The van der Waals surface area contributed by atoms with Gasteiger partial charge in [-0.2, -0.15) is 0 Å². The van der Waals surface area contributed by atoms with Gasteiger partial charge in [-0.3, -0.25) is 4.79 Å². The Balaban J connectivity index is 0.00000288. The van der Waals surface area contributed by atoms with Crippen LogP contribution in [0.25, 0.3) is 0 Å². The highest BCUT2D eigenvalue weighted by molar-refractivity contribution is 7.09. The van der Waals surface area contributed by atoms with Crippen molar-refractivity contribution in [2.24, 2.45) is 0 Å². The topological polar surface area (TPSA) is 63.2 Å². The van der Waals surface area contributed by atoms with Crippen LogP contribution >= 0.6 is 36.2 Å². The standard InChI is InChI=1S/C17H23N3O2S.2ClH/c1-3-18-8-9-19-16(21)10-14-12-23-17(20-14)11-22-15-6-4-13(2)5-7-15;;/h4-7,12,18H,3,8-11H2,1-2H3,(H,19,21);2*1H. The SMILES string of the molecule is CCNCCNC(=O)Cc1csc(COc2ccc(C)cc2)n1.Cl.Cl. The summed E-state index contributed by atoms with van der Waals surface area (Å²) >= 11 is 1.52. The third-order valence-electron chi connectivity index (χ3n) is 3.20. The fourth-order valence-electron chi connectivity index (χ4n) is 1.97. The van der Waals surface area contributed by atoms with E-state index in [4.69, 9.17) is 4.74 Å². The van der Waals surface area contributed by atoms with E-state index >= 15 is 0 Å². The highest BCUT2D eigenvalue weighted by atomic mass is 35.5. The first kappa shape index (κ1) is 23.7. The summed E-state index contributed by atoms with van der Waals surface area (Å²) in [6, 6.07) is 7.92. The predicted octanol–water partition coefficient (Wildman–Crippen LogP) is 3.14. The fraction of sp³-hybridized carbons (Fsp3) is 0.412. The lowest BCUT2D eigenvalue weighted by molar-refractivity contribution is -0.120. The Hall–Kier alpha value is -1.34. The van der Waals surface area contributed by atoms with Crippen molar-refractivity contribution in [3.8, 4) is 5.75 Å². The van der Waals surface area contributed by atoms with Crippen molar-refractivity contribution in [3.05, 3.63) is 45.9 Å². The van der Waals surface area contributed by atoms with Crippen LogP contribution in [0.4, 0.5) is 0 Å². The van der Waals surface area contributed by atoms with E-state index in [1.165, 1.54) is 16.9 Å². The van der Waals surface area contributed by atoms with Crippen molar-refractivity contribution in [1.82, 2.24) is 15.6 Å². The van der Waals surface area contributed by atoms with Gasteiger partial charge < -0.3 is 15.4 Å².